The van der Waals surface area contributed by atoms with Gasteiger partial charge in [-0.15, -0.1) is 0 Å². The van der Waals surface area contributed by atoms with Crippen molar-refractivity contribution in [3.8, 4) is 5.75 Å². The van der Waals surface area contributed by atoms with Crippen molar-refractivity contribution in [1.29, 1.82) is 0 Å². The SMILES string of the molecule is O=C(C1CCN(C[C@H](O)COc2cccc([N+](=O)[O-])c2)CC1)N1CCCCCC1. The average Bonchev–Trinajstić information content (AvgIpc) is 3.02. The number of non-ortho nitro benzene ring substituents is 1. The number of carbonyl (C=O) groups is 1. The van der Waals surface area contributed by atoms with Gasteiger partial charge in [-0.3, -0.25) is 14.9 Å². The summed E-state index contributed by atoms with van der Waals surface area (Å²) in [5.41, 5.74) is -0.0341. The molecule has 0 radical (unpaired) electrons. The fraction of sp³-hybridized carbons (Fsp3) is 0.667. The lowest BCUT2D eigenvalue weighted by Crippen LogP contribution is -2.45. The molecule has 1 aromatic rings. The average molecular weight is 405 g/mol. The summed E-state index contributed by atoms with van der Waals surface area (Å²) in [7, 11) is 0. The van der Waals surface area contributed by atoms with Crippen molar-refractivity contribution in [3.63, 3.8) is 0 Å². The summed E-state index contributed by atoms with van der Waals surface area (Å²) in [6.07, 6.45) is 5.63. The summed E-state index contributed by atoms with van der Waals surface area (Å²) in [4.78, 5) is 27.3. The number of piperidine rings is 1. The van der Waals surface area contributed by atoms with Crippen molar-refractivity contribution in [3.05, 3.63) is 34.4 Å². The van der Waals surface area contributed by atoms with Crippen LogP contribution in [0.4, 0.5) is 5.69 Å². The minimum atomic E-state index is -0.688. The molecule has 0 saturated carbocycles. The van der Waals surface area contributed by atoms with E-state index in [-0.39, 0.29) is 18.2 Å². The molecule has 8 heteroatoms. The number of nitro benzene ring substituents is 1. The maximum atomic E-state index is 12.8. The van der Waals surface area contributed by atoms with Gasteiger partial charge in [-0.2, -0.15) is 0 Å². The first-order valence-corrected chi connectivity index (χ1v) is 10.6. The second-order valence-corrected chi connectivity index (χ2v) is 8.03. The van der Waals surface area contributed by atoms with Crippen LogP contribution in [0.25, 0.3) is 0 Å². The van der Waals surface area contributed by atoms with Crippen molar-refractivity contribution < 1.29 is 19.6 Å². The van der Waals surface area contributed by atoms with E-state index in [2.05, 4.69) is 9.80 Å². The predicted molar refractivity (Wildman–Crippen MR) is 109 cm³/mol. The molecule has 0 bridgehead atoms. The van der Waals surface area contributed by atoms with E-state index in [4.69, 9.17) is 4.74 Å². The number of hydrogen-bond acceptors (Lipinski definition) is 6. The predicted octanol–water partition coefficient (Wildman–Crippen LogP) is 2.45. The Hall–Kier alpha value is -2.19. The lowest BCUT2D eigenvalue weighted by molar-refractivity contribution is -0.384. The molecule has 29 heavy (non-hydrogen) atoms. The number of aliphatic hydroxyl groups excluding tert-OH is 1. The summed E-state index contributed by atoms with van der Waals surface area (Å²) >= 11 is 0. The zero-order chi connectivity index (χ0) is 20.6. The van der Waals surface area contributed by atoms with Crippen molar-refractivity contribution >= 4 is 11.6 Å². The Kier molecular flexibility index (Phi) is 7.83. The number of ether oxygens (including phenoxy) is 1. The molecule has 0 unspecified atom stereocenters. The van der Waals surface area contributed by atoms with Crippen LogP contribution in [0.2, 0.25) is 0 Å². The summed E-state index contributed by atoms with van der Waals surface area (Å²) in [5.74, 6) is 0.781. The van der Waals surface area contributed by atoms with E-state index < -0.39 is 11.0 Å². The molecule has 0 spiro atoms. The number of aliphatic hydroxyl groups is 1. The zero-order valence-corrected chi connectivity index (χ0v) is 16.9. The number of nitro groups is 1. The molecule has 2 aliphatic rings. The molecule has 0 aliphatic carbocycles. The summed E-state index contributed by atoms with van der Waals surface area (Å²) in [6, 6.07) is 5.96. The van der Waals surface area contributed by atoms with Crippen LogP contribution >= 0.6 is 0 Å². The molecular formula is C21H31N3O5. The van der Waals surface area contributed by atoms with E-state index in [0.29, 0.717) is 18.2 Å². The highest BCUT2D eigenvalue weighted by atomic mass is 16.6. The number of benzene rings is 1. The second kappa shape index (κ2) is 10.5. The van der Waals surface area contributed by atoms with Gasteiger partial charge >= 0.3 is 0 Å². The van der Waals surface area contributed by atoms with E-state index in [9.17, 15) is 20.0 Å². The third-order valence-electron chi connectivity index (χ3n) is 5.79. The van der Waals surface area contributed by atoms with Crippen LogP contribution in [0.3, 0.4) is 0 Å². The molecular weight excluding hydrogens is 374 g/mol. The molecule has 2 aliphatic heterocycles. The number of likely N-dealkylation sites (tertiary alicyclic amines) is 2. The second-order valence-electron chi connectivity index (χ2n) is 8.03. The van der Waals surface area contributed by atoms with E-state index in [1.54, 1.807) is 12.1 Å². The molecule has 160 valence electrons. The Balaban J connectivity index is 1.39. The molecule has 3 rings (SSSR count). The molecule has 1 amide bonds. The van der Waals surface area contributed by atoms with Gasteiger partial charge in [0.2, 0.25) is 5.91 Å². The largest absolute Gasteiger partial charge is 0.491 e. The number of amides is 1. The summed E-state index contributed by atoms with van der Waals surface area (Å²) in [6.45, 7) is 3.92. The summed E-state index contributed by atoms with van der Waals surface area (Å²) < 4.78 is 5.51. The van der Waals surface area contributed by atoms with Gasteiger partial charge in [-0.05, 0) is 44.8 Å². The Morgan fingerprint density at radius 2 is 1.86 bits per heavy atom. The van der Waals surface area contributed by atoms with Crippen molar-refractivity contribution in [2.75, 3.05) is 39.3 Å². The van der Waals surface area contributed by atoms with Crippen LogP contribution < -0.4 is 4.74 Å². The van der Waals surface area contributed by atoms with Gasteiger partial charge in [0.25, 0.3) is 5.69 Å². The van der Waals surface area contributed by atoms with E-state index in [0.717, 1.165) is 51.9 Å². The first-order chi connectivity index (χ1) is 14.0. The molecule has 1 atom stereocenters. The van der Waals surface area contributed by atoms with Crippen molar-refractivity contribution in [2.45, 2.75) is 44.6 Å². The van der Waals surface area contributed by atoms with E-state index in [1.165, 1.54) is 25.0 Å². The van der Waals surface area contributed by atoms with Crippen LogP contribution in [-0.4, -0.2) is 71.2 Å². The number of hydrogen-bond donors (Lipinski definition) is 1. The highest BCUT2D eigenvalue weighted by molar-refractivity contribution is 5.79. The third-order valence-corrected chi connectivity index (χ3v) is 5.79. The van der Waals surface area contributed by atoms with Crippen molar-refractivity contribution in [2.24, 2.45) is 5.92 Å². The van der Waals surface area contributed by atoms with Gasteiger partial charge in [-0.1, -0.05) is 18.9 Å². The Bertz CT molecular complexity index is 683. The normalized spacial score (nSPS) is 20.1. The number of nitrogens with zero attached hydrogens (tertiary/aromatic N) is 3. The van der Waals surface area contributed by atoms with Gasteiger partial charge in [0.15, 0.2) is 0 Å². The fourth-order valence-electron chi connectivity index (χ4n) is 4.14. The van der Waals surface area contributed by atoms with Crippen LogP contribution in [0, 0.1) is 16.0 Å². The maximum absolute atomic E-state index is 12.8. The first kappa shape index (κ1) is 21.5. The molecule has 2 fully saturated rings. The number of β-amino-alcohol motifs (C(OH)–C–C–N with tert-alkyl or cyclic N) is 1. The van der Waals surface area contributed by atoms with E-state index >= 15 is 0 Å². The fourth-order valence-corrected chi connectivity index (χ4v) is 4.14. The van der Waals surface area contributed by atoms with E-state index in [1.807, 2.05) is 0 Å². The molecule has 1 aromatic carbocycles. The zero-order valence-electron chi connectivity index (χ0n) is 16.9. The monoisotopic (exact) mass is 405 g/mol. The van der Waals surface area contributed by atoms with Crippen LogP contribution in [0.1, 0.15) is 38.5 Å². The number of rotatable bonds is 7. The highest BCUT2D eigenvalue weighted by Crippen LogP contribution is 2.22. The minimum absolute atomic E-state index is 0.0341. The van der Waals surface area contributed by atoms with Crippen molar-refractivity contribution in [1.82, 2.24) is 9.80 Å². The van der Waals surface area contributed by atoms with Crippen LogP contribution in [0.15, 0.2) is 24.3 Å². The van der Waals surface area contributed by atoms with Gasteiger partial charge in [-0.25, -0.2) is 0 Å². The first-order valence-electron chi connectivity index (χ1n) is 10.6. The molecule has 2 heterocycles. The third kappa shape index (κ3) is 6.40. The minimum Gasteiger partial charge on any atom is -0.491 e. The molecule has 8 nitrogen and oxygen atoms in total. The maximum Gasteiger partial charge on any atom is 0.273 e. The molecule has 2 saturated heterocycles. The lowest BCUT2D eigenvalue weighted by Gasteiger charge is -2.34. The van der Waals surface area contributed by atoms with Crippen LogP contribution in [-0.2, 0) is 4.79 Å². The van der Waals surface area contributed by atoms with Gasteiger partial charge in [0.05, 0.1) is 11.0 Å². The quantitative estimate of drug-likeness (QED) is 0.553. The topological polar surface area (TPSA) is 96.2 Å². The molecule has 0 aromatic heterocycles. The molecule has 1 N–H and O–H groups in total. The standard InChI is InChI=1S/C21H31N3O5/c25-19(16-29-20-7-5-6-18(14-20)24(27)28)15-22-12-8-17(9-13-22)21(26)23-10-3-1-2-4-11-23/h5-7,14,17,19,25H,1-4,8-13,15-16H2/t19-/m0/s1. The highest BCUT2D eigenvalue weighted by Gasteiger charge is 2.29. The number of carbonyl (C=O) groups excluding carboxylic acids is 1. The Labute approximate surface area is 171 Å². The summed E-state index contributed by atoms with van der Waals surface area (Å²) in [5, 5.41) is 21.1. The van der Waals surface area contributed by atoms with Gasteiger partial charge in [0.1, 0.15) is 18.5 Å². The van der Waals surface area contributed by atoms with Crippen LogP contribution in [0.5, 0.6) is 5.75 Å². The lowest BCUT2D eigenvalue weighted by atomic mass is 9.95. The van der Waals surface area contributed by atoms with Gasteiger partial charge < -0.3 is 19.6 Å². The smallest absolute Gasteiger partial charge is 0.273 e. The Morgan fingerprint density at radius 3 is 2.52 bits per heavy atom. The Morgan fingerprint density at radius 1 is 1.17 bits per heavy atom. The van der Waals surface area contributed by atoms with Gasteiger partial charge in [0, 0.05) is 31.6 Å².